The normalized spacial score (nSPS) is 13.1. The fraction of sp³-hybridized carbons (Fsp3) is 0.450. The van der Waals surface area contributed by atoms with Gasteiger partial charge in [0, 0.05) is 31.3 Å². The zero-order valence-corrected chi connectivity index (χ0v) is 31.3. The Morgan fingerprint density at radius 3 is 1.59 bits per heavy atom. The van der Waals surface area contributed by atoms with Gasteiger partial charge >= 0.3 is 23.1 Å². The standard InChI is InChI=1S/C29H41N2.C7H5NO.C4H8O.Mg/c1-18(2)24-13-11-14-25(19(3)4)28(24)30-22(9)17-23(10)31-29-26(20(5)6)15-12-16-27(29)21(7)8;1-8-6-4-2-3-5-7(6)9;1-2-4-5-3-1;/h11-21H,1-10H3;2-5,9H;1-4H2;/q-1;;;+2/b22-17-,31-23?;;;. The predicted octanol–water partition coefficient (Wildman–Crippen LogP) is 9.69. The average molecular weight is 633 g/mol. The first-order valence-electron chi connectivity index (χ1n) is 16.3. The summed E-state index contributed by atoms with van der Waals surface area (Å²) in [5.74, 6) is 1.62. The summed E-state index contributed by atoms with van der Waals surface area (Å²) in [6, 6.07) is 19.4. The molecule has 0 unspecified atom stereocenters. The monoisotopic (exact) mass is 632 g/mol. The summed E-state index contributed by atoms with van der Waals surface area (Å²) in [4.78, 5) is 6.72. The number of hydrogen-bond donors (Lipinski definition) is 1. The third-order valence-electron chi connectivity index (χ3n) is 7.56. The summed E-state index contributed by atoms with van der Waals surface area (Å²) in [6.45, 7) is 30.7. The van der Waals surface area contributed by atoms with Gasteiger partial charge in [-0.15, -0.1) is 11.4 Å². The molecule has 6 heteroatoms. The first-order chi connectivity index (χ1) is 21.4. The van der Waals surface area contributed by atoms with E-state index in [9.17, 15) is 5.11 Å². The van der Waals surface area contributed by atoms with Gasteiger partial charge in [-0.2, -0.15) is 5.70 Å². The van der Waals surface area contributed by atoms with Crippen molar-refractivity contribution in [2.75, 3.05) is 13.2 Å². The Morgan fingerprint density at radius 1 is 0.761 bits per heavy atom. The summed E-state index contributed by atoms with van der Waals surface area (Å²) in [5, 5.41) is 15.7. The maximum atomic E-state index is 10.6. The predicted molar refractivity (Wildman–Crippen MR) is 195 cm³/mol. The van der Waals surface area contributed by atoms with Crippen LogP contribution in [0.4, 0.5) is 17.1 Å². The second-order valence-electron chi connectivity index (χ2n) is 12.8. The van der Waals surface area contributed by atoms with E-state index < -0.39 is 0 Å². The SMILES string of the molecule is C1CCOC1.CC(/C=C(/C)[N-]c1c(C(C)C)cccc1C(C)C)=[NH+]c1c(C(C)C)cccc1C(C)C.[C-]#[N+]c1ccccc1[O-].[Mg+2]. The van der Waals surface area contributed by atoms with Gasteiger partial charge in [0.25, 0.3) is 0 Å². The van der Waals surface area contributed by atoms with Crippen molar-refractivity contribution < 1.29 is 14.8 Å². The van der Waals surface area contributed by atoms with E-state index in [1.165, 1.54) is 52.9 Å². The molecule has 46 heavy (non-hydrogen) atoms. The largest absolute Gasteiger partial charge is 2.00 e. The molecule has 1 N–H and O–H groups in total. The molecule has 0 radical (unpaired) electrons. The van der Waals surface area contributed by atoms with Crippen LogP contribution in [0.15, 0.2) is 72.4 Å². The van der Waals surface area contributed by atoms with Gasteiger partial charge in [-0.05, 0) is 42.6 Å². The maximum absolute atomic E-state index is 10.6. The van der Waals surface area contributed by atoms with E-state index in [0.717, 1.165) is 30.3 Å². The second-order valence-corrected chi connectivity index (χ2v) is 12.8. The summed E-state index contributed by atoms with van der Waals surface area (Å²) in [7, 11) is 0. The second kappa shape index (κ2) is 20.9. The molecule has 242 valence electrons. The maximum Gasteiger partial charge on any atom is 2.00 e. The van der Waals surface area contributed by atoms with Crippen molar-refractivity contribution in [2.24, 2.45) is 0 Å². The summed E-state index contributed by atoms with van der Waals surface area (Å²) >= 11 is 0. The molecule has 1 fully saturated rings. The van der Waals surface area contributed by atoms with E-state index >= 15 is 0 Å². The molecule has 0 amide bonds. The van der Waals surface area contributed by atoms with Crippen molar-refractivity contribution in [2.45, 2.75) is 106 Å². The van der Waals surface area contributed by atoms with Gasteiger partial charge < -0.3 is 15.2 Å². The third-order valence-corrected chi connectivity index (χ3v) is 7.56. The minimum Gasteiger partial charge on any atom is -0.881 e. The van der Waals surface area contributed by atoms with Crippen molar-refractivity contribution in [3.05, 3.63) is 111 Å². The van der Waals surface area contributed by atoms with E-state index in [-0.39, 0.29) is 34.5 Å². The minimum atomic E-state index is -0.201. The number of rotatable bonds is 8. The van der Waals surface area contributed by atoms with Crippen molar-refractivity contribution in [3.63, 3.8) is 0 Å². The van der Waals surface area contributed by atoms with E-state index in [4.69, 9.17) is 16.6 Å². The molecule has 5 nitrogen and oxygen atoms in total. The Kier molecular flexibility index (Phi) is 18.6. The minimum absolute atomic E-state index is 0. The molecule has 0 atom stereocenters. The Hall–Kier alpha value is -3.11. The molecule has 3 aromatic rings. The average Bonchev–Trinajstić information content (AvgIpc) is 3.58. The van der Waals surface area contributed by atoms with Crippen molar-refractivity contribution in [1.82, 2.24) is 0 Å². The zero-order valence-electron chi connectivity index (χ0n) is 29.9. The van der Waals surface area contributed by atoms with Gasteiger partial charge in [0.05, 0.1) is 6.57 Å². The fourth-order valence-electron chi connectivity index (χ4n) is 5.15. The molecule has 1 aliphatic heterocycles. The van der Waals surface area contributed by atoms with Crippen LogP contribution < -0.4 is 10.1 Å². The fourth-order valence-corrected chi connectivity index (χ4v) is 5.15. The molecule has 0 spiro atoms. The zero-order chi connectivity index (χ0) is 33.5. The van der Waals surface area contributed by atoms with Gasteiger partial charge in [0.15, 0.2) is 11.4 Å². The number of nitrogens with one attached hydrogen (secondary N) is 1. The number of ether oxygens (including phenoxy) is 1. The first-order valence-corrected chi connectivity index (χ1v) is 16.3. The molecular weight excluding hydrogens is 579 g/mol. The molecular formula is C40H54MgN3O2+. The van der Waals surface area contributed by atoms with Crippen LogP contribution in [0.2, 0.25) is 0 Å². The van der Waals surface area contributed by atoms with Gasteiger partial charge in [-0.1, -0.05) is 134 Å². The smallest absolute Gasteiger partial charge is 0.881 e. The number of allylic oxidation sites excluding steroid dienone is 2. The third kappa shape index (κ3) is 12.9. The Labute approximate surface area is 295 Å². The summed E-state index contributed by atoms with van der Waals surface area (Å²) in [5.41, 5.74) is 10.1. The van der Waals surface area contributed by atoms with Crippen LogP contribution in [-0.4, -0.2) is 42.0 Å². The number of nitrogens with zero attached hydrogens (tertiary/aromatic N) is 2. The molecule has 0 aliphatic carbocycles. The topological polar surface area (TPSA) is 64.7 Å². The summed E-state index contributed by atoms with van der Waals surface area (Å²) < 4.78 is 4.94. The molecule has 3 aromatic carbocycles. The van der Waals surface area contributed by atoms with Crippen molar-refractivity contribution in [1.29, 1.82) is 0 Å². The molecule has 0 aromatic heterocycles. The van der Waals surface area contributed by atoms with Gasteiger partial charge in [0.1, 0.15) is 0 Å². The number of hydrogen-bond acceptors (Lipinski definition) is 2. The Balaban J connectivity index is 0.000000575. The van der Waals surface area contributed by atoms with Gasteiger partial charge in [0.2, 0.25) is 5.69 Å². The Bertz CT molecular complexity index is 1400. The van der Waals surface area contributed by atoms with Crippen LogP contribution >= 0.6 is 0 Å². The van der Waals surface area contributed by atoms with E-state index in [1.54, 1.807) is 12.1 Å². The van der Waals surface area contributed by atoms with Crippen LogP contribution in [0.5, 0.6) is 5.75 Å². The quantitative estimate of drug-likeness (QED) is 0.153. The van der Waals surface area contributed by atoms with E-state index in [0.29, 0.717) is 23.7 Å². The molecule has 1 saturated heterocycles. The Morgan fingerprint density at radius 2 is 1.22 bits per heavy atom. The molecule has 0 bridgehead atoms. The van der Waals surface area contributed by atoms with Crippen LogP contribution in [-0.2, 0) is 4.74 Å². The number of benzene rings is 3. The molecule has 0 saturated carbocycles. The number of para-hydroxylation sites is 4. The molecule has 1 heterocycles. The van der Waals surface area contributed by atoms with Gasteiger partial charge in [-0.25, -0.2) is 9.84 Å². The van der Waals surface area contributed by atoms with Crippen LogP contribution in [0.1, 0.15) is 128 Å². The van der Waals surface area contributed by atoms with Gasteiger partial charge in [-0.3, -0.25) is 0 Å². The van der Waals surface area contributed by atoms with Crippen molar-refractivity contribution in [3.8, 4) is 5.75 Å². The molecule has 1 aliphatic rings. The first kappa shape index (κ1) is 40.9. The summed E-state index contributed by atoms with van der Waals surface area (Å²) in [6.07, 6.45) is 4.72. The van der Waals surface area contributed by atoms with E-state index in [2.05, 4.69) is 122 Å². The van der Waals surface area contributed by atoms with Crippen LogP contribution in [0, 0.1) is 6.57 Å². The van der Waals surface area contributed by atoms with E-state index in [1.807, 2.05) is 0 Å². The van der Waals surface area contributed by atoms with Crippen molar-refractivity contribution >= 4 is 45.8 Å². The van der Waals surface area contributed by atoms with Crippen LogP contribution in [0.25, 0.3) is 10.2 Å². The van der Waals surface area contributed by atoms with Crippen LogP contribution in [0.3, 0.4) is 0 Å². The molecule has 4 rings (SSSR count).